The molecule has 0 fully saturated rings. The minimum absolute atomic E-state index is 0.648. The van der Waals surface area contributed by atoms with Crippen LogP contribution >= 0.6 is 0 Å². The number of amidine groups is 1. The number of ether oxygens (including phenoxy) is 1. The highest BCUT2D eigenvalue weighted by Crippen LogP contribution is 1.88. The largest absolute Gasteiger partial charge is 0.463 e. The van der Waals surface area contributed by atoms with Gasteiger partial charge in [0.2, 0.25) is 0 Å². The molecule has 0 spiro atoms. The zero-order chi connectivity index (χ0) is 6.53. The van der Waals surface area contributed by atoms with Gasteiger partial charge in [-0.2, -0.15) is 0 Å². The summed E-state index contributed by atoms with van der Waals surface area (Å²) >= 11 is 0. The fourth-order valence-corrected chi connectivity index (χ4v) is 0.602. The second kappa shape index (κ2) is 3.12. The number of hydrogen-bond acceptors (Lipinski definition) is 3. The van der Waals surface area contributed by atoms with Gasteiger partial charge in [-0.3, -0.25) is 0 Å². The molecule has 0 bridgehead atoms. The molecule has 50 valence electrons. The van der Waals surface area contributed by atoms with Gasteiger partial charge < -0.3 is 10.1 Å². The highest BCUT2D eigenvalue weighted by molar-refractivity contribution is 5.74. The second-order valence-electron chi connectivity index (χ2n) is 1.70. The van der Waals surface area contributed by atoms with Crippen LogP contribution in [0.5, 0.6) is 0 Å². The lowest BCUT2D eigenvalue weighted by atomic mass is 10.6. The van der Waals surface area contributed by atoms with E-state index in [2.05, 4.69) is 16.9 Å². The molecule has 0 atom stereocenters. The lowest BCUT2D eigenvalue weighted by molar-refractivity contribution is 0.333. The van der Waals surface area contributed by atoms with E-state index in [1.54, 1.807) is 6.08 Å². The van der Waals surface area contributed by atoms with E-state index in [1.807, 2.05) is 0 Å². The number of aliphatic imine (C=N–C) groups is 1. The van der Waals surface area contributed by atoms with Crippen molar-refractivity contribution in [2.75, 3.05) is 19.7 Å². The van der Waals surface area contributed by atoms with Crippen LogP contribution in [0.25, 0.3) is 0 Å². The van der Waals surface area contributed by atoms with Crippen molar-refractivity contribution in [3.05, 3.63) is 12.7 Å². The molecule has 3 nitrogen and oxygen atoms in total. The Kier molecular flexibility index (Phi) is 2.13. The molecule has 0 amide bonds. The predicted octanol–water partition coefficient (Wildman–Crippen LogP) is 0.148. The van der Waals surface area contributed by atoms with Crippen molar-refractivity contribution in [1.29, 1.82) is 0 Å². The van der Waals surface area contributed by atoms with Crippen LogP contribution in [0.15, 0.2) is 17.6 Å². The Bertz CT molecular complexity index is 131. The van der Waals surface area contributed by atoms with Crippen molar-refractivity contribution in [2.24, 2.45) is 4.99 Å². The van der Waals surface area contributed by atoms with Gasteiger partial charge in [0.1, 0.15) is 6.61 Å². The topological polar surface area (TPSA) is 33.6 Å². The smallest absolute Gasteiger partial charge is 0.285 e. The molecular formula is C6H10N2O. The predicted molar refractivity (Wildman–Crippen MR) is 36.5 cm³/mol. The van der Waals surface area contributed by atoms with Gasteiger partial charge in [-0.1, -0.05) is 6.08 Å². The molecule has 0 aromatic rings. The molecule has 0 saturated carbocycles. The molecule has 0 aliphatic carbocycles. The molecular weight excluding hydrogens is 116 g/mol. The fraction of sp³-hybridized carbons (Fsp3) is 0.500. The van der Waals surface area contributed by atoms with Crippen LogP contribution < -0.4 is 5.32 Å². The summed E-state index contributed by atoms with van der Waals surface area (Å²) in [5.74, 6) is 0. The molecule has 1 heterocycles. The van der Waals surface area contributed by atoms with Gasteiger partial charge in [-0.25, -0.2) is 4.99 Å². The third-order valence-electron chi connectivity index (χ3n) is 0.983. The Hall–Kier alpha value is -0.990. The van der Waals surface area contributed by atoms with Crippen molar-refractivity contribution in [3.63, 3.8) is 0 Å². The van der Waals surface area contributed by atoms with Crippen LogP contribution in [0.3, 0.4) is 0 Å². The summed E-state index contributed by atoms with van der Waals surface area (Å²) in [4.78, 5) is 4.01. The van der Waals surface area contributed by atoms with Crippen LogP contribution in [0.1, 0.15) is 0 Å². The van der Waals surface area contributed by atoms with E-state index in [-0.39, 0.29) is 0 Å². The van der Waals surface area contributed by atoms with Crippen LogP contribution in [-0.2, 0) is 4.74 Å². The average molecular weight is 126 g/mol. The number of hydrogen-bond donors (Lipinski definition) is 1. The van der Waals surface area contributed by atoms with Gasteiger partial charge in [0.25, 0.3) is 6.02 Å². The van der Waals surface area contributed by atoms with Crippen LogP contribution in [0.2, 0.25) is 0 Å². The first kappa shape index (κ1) is 6.13. The number of nitrogens with zero attached hydrogens (tertiary/aromatic N) is 1. The molecule has 0 radical (unpaired) electrons. The lowest BCUT2D eigenvalue weighted by Gasteiger charge is -1.99. The van der Waals surface area contributed by atoms with Crippen LogP contribution in [0, 0.1) is 0 Å². The zero-order valence-corrected chi connectivity index (χ0v) is 5.26. The number of nitrogens with one attached hydrogen (secondary N) is 1. The van der Waals surface area contributed by atoms with E-state index in [9.17, 15) is 0 Å². The van der Waals surface area contributed by atoms with Crippen LogP contribution in [0.4, 0.5) is 0 Å². The Morgan fingerprint density at radius 2 is 2.78 bits per heavy atom. The molecule has 0 aromatic heterocycles. The summed E-state index contributed by atoms with van der Waals surface area (Å²) in [6, 6.07) is 0.648. The summed E-state index contributed by atoms with van der Waals surface area (Å²) in [6.07, 6.45) is 1.77. The molecule has 0 saturated heterocycles. The monoisotopic (exact) mass is 126 g/mol. The third kappa shape index (κ3) is 1.76. The minimum atomic E-state index is 0.648. The Labute approximate surface area is 54.4 Å². The van der Waals surface area contributed by atoms with Crippen LogP contribution in [-0.4, -0.2) is 25.7 Å². The van der Waals surface area contributed by atoms with E-state index < -0.39 is 0 Å². The first-order valence-electron chi connectivity index (χ1n) is 2.95. The zero-order valence-electron chi connectivity index (χ0n) is 5.26. The van der Waals surface area contributed by atoms with Crippen molar-refractivity contribution in [3.8, 4) is 0 Å². The Morgan fingerprint density at radius 3 is 3.33 bits per heavy atom. The summed E-state index contributed by atoms with van der Waals surface area (Å²) in [5, 5.41) is 2.94. The molecule has 0 unspecified atom stereocenters. The highest BCUT2D eigenvalue weighted by atomic mass is 16.5. The third-order valence-corrected chi connectivity index (χ3v) is 0.983. The fourth-order valence-electron chi connectivity index (χ4n) is 0.602. The summed E-state index contributed by atoms with van der Waals surface area (Å²) in [7, 11) is 0. The molecule has 9 heavy (non-hydrogen) atoms. The first-order valence-corrected chi connectivity index (χ1v) is 2.95. The average Bonchev–Trinajstić information content (AvgIpc) is 2.34. The first-order chi connectivity index (χ1) is 4.43. The Morgan fingerprint density at radius 1 is 1.89 bits per heavy atom. The molecule has 1 aliphatic rings. The minimum Gasteiger partial charge on any atom is -0.463 e. The molecule has 3 heteroatoms. The van der Waals surface area contributed by atoms with Crippen molar-refractivity contribution >= 4 is 6.02 Å². The standard InChI is InChI=1S/C6H10N2O/c1-2-3-7-6-8-4-5-9-6/h2H,1,3-5H2,(H,7,8). The van der Waals surface area contributed by atoms with Gasteiger partial charge in [0, 0.05) is 6.54 Å². The number of rotatable bonds is 2. The van der Waals surface area contributed by atoms with Gasteiger partial charge in [-0.05, 0) is 0 Å². The highest BCUT2D eigenvalue weighted by Gasteiger charge is 2.03. The maximum Gasteiger partial charge on any atom is 0.285 e. The second-order valence-corrected chi connectivity index (χ2v) is 1.70. The SMILES string of the molecule is C=CCNC1=NCCO1. The summed E-state index contributed by atoms with van der Waals surface area (Å²) < 4.78 is 5.05. The molecule has 1 rings (SSSR count). The van der Waals surface area contributed by atoms with Gasteiger partial charge in [-0.15, -0.1) is 6.58 Å². The maximum atomic E-state index is 5.05. The van der Waals surface area contributed by atoms with Crippen molar-refractivity contribution < 1.29 is 4.74 Å². The van der Waals surface area contributed by atoms with Gasteiger partial charge in [0.15, 0.2) is 0 Å². The van der Waals surface area contributed by atoms with E-state index in [0.29, 0.717) is 12.6 Å². The van der Waals surface area contributed by atoms with Gasteiger partial charge >= 0.3 is 0 Å². The lowest BCUT2D eigenvalue weighted by Crippen LogP contribution is -2.23. The van der Waals surface area contributed by atoms with E-state index >= 15 is 0 Å². The molecule has 0 aromatic carbocycles. The maximum absolute atomic E-state index is 5.05. The molecule has 1 aliphatic heterocycles. The normalized spacial score (nSPS) is 16.2. The summed E-state index contributed by atoms with van der Waals surface area (Å²) in [5.41, 5.74) is 0. The van der Waals surface area contributed by atoms with Crippen molar-refractivity contribution in [1.82, 2.24) is 5.32 Å². The summed E-state index contributed by atoms with van der Waals surface area (Å²) in [6.45, 7) is 5.75. The molecule has 1 N–H and O–H groups in total. The quantitative estimate of drug-likeness (QED) is 0.534. The van der Waals surface area contributed by atoms with Crippen molar-refractivity contribution in [2.45, 2.75) is 0 Å². The van der Waals surface area contributed by atoms with Gasteiger partial charge in [0.05, 0.1) is 6.54 Å². The van der Waals surface area contributed by atoms with E-state index in [4.69, 9.17) is 4.74 Å². The van der Waals surface area contributed by atoms with E-state index in [1.165, 1.54) is 0 Å². The Balaban J connectivity index is 2.18. The van der Waals surface area contributed by atoms with E-state index in [0.717, 1.165) is 13.1 Å².